The van der Waals surface area contributed by atoms with Crippen LogP contribution in [0.4, 0.5) is 10.5 Å². The van der Waals surface area contributed by atoms with Gasteiger partial charge in [0.25, 0.3) is 0 Å². The molecule has 0 saturated heterocycles. The van der Waals surface area contributed by atoms with Gasteiger partial charge in [0.1, 0.15) is 0 Å². The topological polar surface area (TPSA) is 107 Å². The molecule has 2 N–H and O–H groups in total. The molecule has 1 atom stereocenters. The number of benzene rings is 1. The number of hydrogen-bond donors (Lipinski definition) is 2. The summed E-state index contributed by atoms with van der Waals surface area (Å²) >= 11 is 3.60. The van der Waals surface area contributed by atoms with Gasteiger partial charge < -0.3 is 20.3 Å². The van der Waals surface area contributed by atoms with Crippen LogP contribution in [0.5, 0.6) is 0 Å². The third-order valence-corrected chi connectivity index (χ3v) is 6.37. The predicted octanol–water partition coefficient (Wildman–Crippen LogP) is 1.05. The van der Waals surface area contributed by atoms with E-state index in [-0.39, 0.29) is 46.7 Å². The van der Waals surface area contributed by atoms with E-state index in [0.717, 1.165) is 41.4 Å². The van der Waals surface area contributed by atoms with Gasteiger partial charge in [-0.05, 0) is 70.4 Å². The van der Waals surface area contributed by atoms with Gasteiger partial charge >= 0.3 is 29.6 Å². The number of Topliss-reactive ketones (excluding diaryl/α,β-unsaturated/α-hetero) is 1. The summed E-state index contributed by atoms with van der Waals surface area (Å²) in [6, 6.07) is 4.05. The summed E-state index contributed by atoms with van der Waals surface area (Å²) in [7, 11) is 0. The zero-order valence-electron chi connectivity index (χ0n) is 17.4. The number of nitrogens with one attached hydrogen (secondary N) is 1. The summed E-state index contributed by atoms with van der Waals surface area (Å²) in [4.78, 5) is 32.2. The van der Waals surface area contributed by atoms with Crippen molar-refractivity contribution in [2.24, 2.45) is 5.41 Å². The summed E-state index contributed by atoms with van der Waals surface area (Å²) < 4.78 is 0.773. The summed E-state index contributed by atoms with van der Waals surface area (Å²) in [5.74, 6) is 0.165. The fraction of sp³-hybridized carbons (Fsp3) is 0.476. The molecule has 0 bridgehead atoms. The molecule has 0 aromatic heterocycles. The third-order valence-electron chi connectivity index (χ3n) is 5.53. The Morgan fingerprint density at radius 2 is 1.97 bits per heavy atom. The number of carbonyl (C=O) groups is 3. The van der Waals surface area contributed by atoms with Crippen LogP contribution >= 0.6 is 15.9 Å². The normalized spacial score (nSPS) is 19.4. The molecule has 1 unspecified atom stereocenters. The van der Waals surface area contributed by atoms with Crippen molar-refractivity contribution in [2.45, 2.75) is 59.3 Å². The number of rotatable bonds is 4. The first-order chi connectivity index (χ1) is 13.1. The van der Waals surface area contributed by atoms with Crippen LogP contribution in [0.2, 0.25) is 0 Å². The molecule has 1 aromatic rings. The Balaban J connectivity index is 0.000000771. The van der Waals surface area contributed by atoms with E-state index in [2.05, 4.69) is 41.2 Å². The Morgan fingerprint density at radius 1 is 1.34 bits per heavy atom. The SMILES string of the molecule is CCCCC12CCC(=O)C(Br)=C1c1ccc(NC(C)=O)c(C)c1C2.O=C([O-])O.[Na+]. The molecule has 3 rings (SSSR count). The van der Waals surface area contributed by atoms with Gasteiger partial charge in [-0.25, -0.2) is 0 Å². The summed E-state index contributed by atoms with van der Waals surface area (Å²) in [5, 5.41) is 18.2. The zero-order valence-corrected chi connectivity index (χ0v) is 20.9. The molecule has 0 aliphatic heterocycles. The molecule has 1 amide bonds. The van der Waals surface area contributed by atoms with Gasteiger partial charge in [-0.1, -0.05) is 25.8 Å². The van der Waals surface area contributed by atoms with Crippen molar-refractivity contribution >= 4 is 45.0 Å². The van der Waals surface area contributed by atoms with Crippen LogP contribution in [0.1, 0.15) is 62.6 Å². The van der Waals surface area contributed by atoms with E-state index in [1.807, 2.05) is 6.07 Å². The van der Waals surface area contributed by atoms with E-state index in [1.165, 1.54) is 30.0 Å². The molecule has 0 heterocycles. The average Bonchev–Trinajstić information content (AvgIpc) is 2.94. The van der Waals surface area contributed by atoms with Crippen molar-refractivity contribution in [1.29, 1.82) is 0 Å². The molecule has 2 aliphatic carbocycles. The van der Waals surface area contributed by atoms with Crippen molar-refractivity contribution in [3.05, 3.63) is 33.3 Å². The van der Waals surface area contributed by atoms with Crippen LogP contribution in [0.25, 0.3) is 5.57 Å². The maximum atomic E-state index is 12.3. The van der Waals surface area contributed by atoms with E-state index in [1.54, 1.807) is 0 Å². The van der Waals surface area contributed by atoms with Crippen molar-refractivity contribution in [3.8, 4) is 0 Å². The van der Waals surface area contributed by atoms with Gasteiger partial charge in [0.05, 0.1) is 4.48 Å². The van der Waals surface area contributed by atoms with Gasteiger partial charge in [0.15, 0.2) is 5.78 Å². The second-order valence-electron chi connectivity index (χ2n) is 7.38. The average molecular weight is 474 g/mol. The maximum Gasteiger partial charge on any atom is 1.00 e. The molecular weight excluding hydrogens is 449 g/mol. The number of fused-ring (bicyclic) bond motifs is 3. The summed E-state index contributed by atoms with van der Waals surface area (Å²) in [6.45, 7) is 5.82. The fourth-order valence-electron chi connectivity index (χ4n) is 4.28. The number of carbonyl (C=O) groups excluding carboxylic acids is 2. The van der Waals surface area contributed by atoms with E-state index in [9.17, 15) is 9.59 Å². The van der Waals surface area contributed by atoms with Crippen LogP contribution < -0.4 is 40.0 Å². The van der Waals surface area contributed by atoms with E-state index < -0.39 is 6.16 Å². The van der Waals surface area contributed by atoms with Gasteiger partial charge in [-0.2, -0.15) is 0 Å². The second kappa shape index (κ2) is 10.8. The van der Waals surface area contributed by atoms with Gasteiger partial charge in [-0.15, -0.1) is 0 Å². The minimum absolute atomic E-state index is 0. The quantitative estimate of drug-likeness (QED) is 0.635. The molecule has 0 saturated carbocycles. The second-order valence-corrected chi connectivity index (χ2v) is 8.18. The largest absolute Gasteiger partial charge is 1.00 e. The molecule has 0 radical (unpaired) electrons. The van der Waals surface area contributed by atoms with Crippen LogP contribution in [0.3, 0.4) is 0 Å². The van der Waals surface area contributed by atoms with Gasteiger partial charge in [-0.3, -0.25) is 9.59 Å². The fourth-order valence-corrected chi connectivity index (χ4v) is 5.11. The molecule has 8 heteroatoms. The third kappa shape index (κ3) is 5.72. The van der Waals surface area contributed by atoms with Crippen LogP contribution in [-0.2, 0) is 16.0 Å². The van der Waals surface area contributed by atoms with Gasteiger partial charge in [0, 0.05) is 24.4 Å². The number of ketones is 1. The van der Waals surface area contributed by atoms with E-state index in [0.29, 0.717) is 6.42 Å². The number of allylic oxidation sites excluding steroid dienone is 2. The minimum Gasteiger partial charge on any atom is -0.565 e. The van der Waals surface area contributed by atoms with Crippen LogP contribution in [-0.4, -0.2) is 23.0 Å². The van der Waals surface area contributed by atoms with Crippen LogP contribution in [0, 0.1) is 12.3 Å². The van der Waals surface area contributed by atoms with Crippen molar-refractivity contribution in [3.63, 3.8) is 0 Å². The Bertz CT molecular complexity index is 848. The molecule has 6 nitrogen and oxygen atoms in total. The van der Waals surface area contributed by atoms with Crippen LogP contribution in [0.15, 0.2) is 16.6 Å². The number of carboxylic acid groups (broad SMARTS) is 2. The molecular formula is C21H25BrNNaO5. The van der Waals surface area contributed by atoms with Gasteiger partial charge in [0.2, 0.25) is 12.1 Å². The monoisotopic (exact) mass is 473 g/mol. The zero-order chi connectivity index (χ0) is 21.1. The predicted molar refractivity (Wildman–Crippen MR) is 109 cm³/mol. The Labute approximate surface area is 201 Å². The number of unbranched alkanes of at least 4 members (excludes halogenated alkanes) is 1. The number of halogens is 1. The van der Waals surface area contributed by atoms with Crippen molar-refractivity contribution in [1.82, 2.24) is 0 Å². The number of hydrogen-bond acceptors (Lipinski definition) is 4. The summed E-state index contributed by atoms with van der Waals surface area (Å²) in [6.07, 6.45) is 3.89. The minimum atomic E-state index is -2.08. The number of amides is 1. The standard InChI is InChI=1S/C20H24BrNO2.CH2O3.Na/c1-4-5-9-20-10-8-17(24)19(21)18(20)14-6-7-16(22-13(3)23)12(2)15(14)11-20;2-1(3)4;/h6-7H,4-5,8-11H2,1-3H3,(H,22,23);(H2,2,3,4);/q;;+1/p-1. The Kier molecular flexibility index (Phi) is 9.60. The first kappa shape index (κ1) is 25.9. The van der Waals surface area contributed by atoms with E-state index >= 15 is 0 Å². The molecule has 152 valence electrons. The smallest absolute Gasteiger partial charge is 0.565 e. The van der Waals surface area contributed by atoms with Crippen molar-refractivity contribution < 1.29 is 54.2 Å². The summed E-state index contributed by atoms with van der Waals surface area (Å²) in [5.41, 5.74) is 5.78. The Morgan fingerprint density at radius 3 is 2.52 bits per heavy atom. The Hall–Kier alpha value is -1.15. The molecule has 29 heavy (non-hydrogen) atoms. The van der Waals surface area contributed by atoms with Crippen molar-refractivity contribution in [2.75, 3.05) is 5.32 Å². The molecule has 0 spiro atoms. The molecule has 2 aliphatic rings. The molecule has 0 fully saturated rings. The first-order valence-corrected chi connectivity index (χ1v) is 10.2. The maximum absolute atomic E-state index is 12.3. The number of anilines is 1. The first-order valence-electron chi connectivity index (χ1n) is 9.36. The molecule has 1 aromatic carbocycles. The van der Waals surface area contributed by atoms with E-state index in [4.69, 9.17) is 15.0 Å².